The van der Waals surface area contributed by atoms with Crippen molar-refractivity contribution >= 4 is 5.82 Å². The van der Waals surface area contributed by atoms with Crippen molar-refractivity contribution in [1.29, 1.82) is 0 Å². The first-order valence-corrected chi connectivity index (χ1v) is 5.35. The van der Waals surface area contributed by atoms with E-state index in [4.69, 9.17) is 0 Å². The van der Waals surface area contributed by atoms with E-state index in [2.05, 4.69) is 20.4 Å². The van der Waals surface area contributed by atoms with E-state index in [1.807, 2.05) is 24.9 Å². The summed E-state index contributed by atoms with van der Waals surface area (Å²) < 4.78 is 1.81. The molecule has 0 fully saturated rings. The normalized spacial score (nSPS) is 10.5. The maximum absolute atomic E-state index is 11.2. The molecular formula is C11H15N5O. The lowest BCUT2D eigenvalue weighted by atomic mass is 10.2. The highest BCUT2D eigenvalue weighted by Gasteiger charge is 2.04. The Labute approximate surface area is 98.7 Å². The molecule has 2 N–H and O–H groups in total. The molecule has 6 nitrogen and oxygen atoms in total. The third kappa shape index (κ3) is 2.52. The minimum Gasteiger partial charge on any atom is -0.366 e. The van der Waals surface area contributed by atoms with Gasteiger partial charge in [0.25, 0.3) is 5.56 Å². The Hall–Kier alpha value is -2.11. The third-order valence-corrected chi connectivity index (χ3v) is 2.66. The van der Waals surface area contributed by atoms with Gasteiger partial charge in [-0.2, -0.15) is 5.10 Å². The summed E-state index contributed by atoms with van der Waals surface area (Å²) in [5, 5.41) is 7.26. The van der Waals surface area contributed by atoms with Gasteiger partial charge in [-0.25, -0.2) is 4.98 Å². The van der Waals surface area contributed by atoms with Crippen molar-refractivity contribution in [2.75, 3.05) is 5.32 Å². The molecule has 90 valence electrons. The zero-order valence-corrected chi connectivity index (χ0v) is 10.1. The number of hydrogen-bond donors (Lipinski definition) is 2. The molecule has 0 spiro atoms. The molecule has 0 atom stereocenters. The molecule has 0 unspecified atom stereocenters. The summed E-state index contributed by atoms with van der Waals surface area (Å²) in [5.74, 6) is 1.18. The van der Waals surface area contributed by atoms with Gasteiger partial charge in [-0.05, 0) is 13.8 Å². The van der Waals surface area contributed by atoms with E-state index >= 15 is 0 Å². The molecule has 17 heavy (non-hydrogen) atoms. The first-order valence-electron chi connectivity index (χ1n) is 5.35. The fourth-order valence-electron chi connectivity index (χ4n) is 1.57. The molecule has 0 radical (unpaired) electrons. The van der Waals surface area contributed by atoms with Gasteiger partial charge in [0.15, 0.2) is 0 Å². The van der Waals surface area contributed by atoms with Crippen molar-refractivity contribution < 1.29 is 0 Å². The van der Waals surface area contributed by atoms with Crippen molar-refractivity contribution in [1.82, 2.24) is 19.7 Å². The molecule has 2 heterocycles. The maximum atomic E-state index is 11.2. The SMILES string of the molecule is Cc1nc(NCc2cnn(C)c2C)cc(=O)[nH]1. The van der Waals surface area contributed by atoms with Gasteiger partial charge in [-0.3, -0.25) is 9.48 Å². The molecular weight excluding hydrogens is 218 g/mol. The number of aryl methyl sites for hydroxylation is 2. The first kappa shape index (κ1) is 11.4. The van der Waals surface area contributed by atoms with Gasteiger partial charge in [-0.15, -0.1) is 0 Å². The summed E-state index contributed by atoms with van der Waals surface area (Å²) in [6, 6.07) is 1.44. The van der Waals surface area contributed by atoms with E-state index < -0.39 is 0 Å². The van der Waals surface area contributed by atoms with E-state index in [0.29, 0.717) is 18.2 Å². The Bertz CT molecular complexity index is 584. The average Bonchev–Trinajstić information content (AvgIpc) is 2.56. The number of H-pyrrole nitrogens is 1. The van der Waals surface area contributed by atoms with Crippen LogP contribution in [0.5, 0.6) is 0 Å². The maximum Gasteiger partial charge on any atom is 0.252 e. The number of aromatic nitrogens is 4. The Balaban J connectivity index is 2.12. The van der Waals surface area contributed by atoms with E-state index in [1.54, 1.807) is 6.92 Å². The van der Waals surface area contributed by atoms with Crippen LogP contribution in [0.15, 0.2) is 17.1 Å². The van der Waals surface area contributed by atoms with Crippen LogP contribution in [0.1, 0.15) is 17.1 Å². The second-order valence-corrected chi connectivity index (χ2v) is 3.95. The van der Waals surface area contributed by atoms with Crippen LogP contribution in [0.3, 0.4) is 0 Å². The standard InChI is InChI=1S/C11H15N5O/c1-7-9(6-13-16(7)3)5-12-10-4-11(17)15-8(2)14-10/h4,6H,5H2,1-3H3,(H2,12,14,15,17). The van der Waals surface area contributed by atoms with Crippen molar-refractivity contribution in [2.45, 2.75) is 20.4 Å². The fourth-order valence-corrected chi connectivity index (χ4v) is 1.57. The lowest BCUT2D eigenvalue weighted by Gasteiger charge is -2.05. The third-order valence-electron chi connectivity index (χ3n) is 2.66. The molecule has 6 heteroatoms. The minimum atomic E-state index is -0.150. The second-order valence-electron chi connectivity index (χ2n) is 3.95. The van der Waals surface area contributed by atoms with Crippen LogP contribution >= 0.6 is 0 Å². The van der Waals surface area contributed by atoms with Gasteiger partial charge in [0, 0.05) is 30.9 Å². The number of rotatable bonds is 3. The Morgan fingerprint density at radius 1 is 1.47 bits per heavy atom. The van der Waals surface area contributed by atoms with Crippen LogP contribution in [0.2, 0.25) is 0 Å². The quantitative estimate of drug-likeness (QED) is 0.819. The van der Waals surface area contributed by atoms with Crippen molar-refractivity contribution in [3.8, 4) is 0 Å². The van der Waals surface area contributed by atoms with Crippen LogP contribution in [0.25, 0.3) is 0 Å². The lowest BCUT2D eigenvalue weighted by molar-refractivity contribution is 0.738. The second kappa shape index (κ2) is 4.40. The van der Waals surface area contributed by atoms with Crippen molar-refractivity contribution in [3.05, 3.63) is 39.7 Å². The van der Waals surface area contributed by atoms with E-state index in [0.717, 1.165) is 11.3 Å². The number of anilines is 1. The summed E-state index contributed by atoms with van der Waals surface area (Å²) >= 11 is 0. The van der Waals surface area contributed by atoms with E-state index in [-0.39, 0.29) is 5.56 Å². The summed E-state index contributed by atoms with van der Waals surface area (Å²) in [6.45, 7) is 4.36. The monoisotopic (exact) mass is 233 g/mol. The zero-order valence-electron chi connectivity index (χ0n) is 10.1. The van der Waals surface area contributed by atoms with Crippen LogP contribution < -0.4 is 10.9 Å². The molecule has 0 amide bonds. The highest BCUT2D eigenvalue weighted by molar-refractivity contribution is 5.34. The average molecular weight is 233 g/mol. The molecule has 2 aromatic rings. The smallest absolute Gasteiger partial charge is 0.252 e. The van der Waals surface area contributed by atoms with Gasteiger partial charge >= 0.3 is 0 Å². The summed E-state index contributed by atoms with van der Waals surface area (Å²) in [5.41, 5.74) is 2.04. The Kier molecular flexibility index (Phi) is 2.95. The van der Waals surface area contributed by atoms with Gasteiger partial charge in [-0.1, -0.05) is 0 Å². The predicted octanol–water partition coefficient (Wildman–Crippen LogP) is 0.732. The van der Waals surface area contributed by atoms with Crippen LogP contribution in [0, 0.1) is 13.8 Å². The Morgan fingerprint density at radius 3 is 2.82 bits per heavy atom. The lowest BCUT2D eigenvalue weighted by Crippen LogP contribution is -2.12. The number of nitrogens with one attached hydrogen (secondary N) is 2. The molecule has 0 aliphatic rings. The molecule has 0 aromatic carbocycles. The van der Waals surface area contributed by atoms with Crippen molar-refractivity contribution in [3.63, 3.8) is 0 Å². The van der Waals surface area contributed by atoms with Gasteiger partial charge < -0.3 is 10.3 Å². The van der Waals surface area contributed by atoms with Crippen molar-refractivity contribution in [2.24, 2.45) is 7.05 Å². The Morgan fingerprint density at radius 2 is 2.24 bits per heavy atom. The van der Waals surface area contributed by atoms with Crippen LogP contribution in [-0.4, -0.2) is 19.7 Å². The van der Waals surface area contributed by atoms with Gasteiger partial charge in [0.05, 0.1) is 6.20 Å². The van der Waals surface area contributed by atoms with E-state index in [1.165, 1.54) is 6.07 Å². The molecule has 2 aromatic heterocycles. The van der Waals surface area contributed by atoms with Crippen LogP contribution in [0.4, 0.5) is 5.82 Å². The molecule has 0 saturated carbocycles. The molecule has 0 aliphatic carbocycles. The molecule has 0 aliphatic heterocycles. The van der Waals surface area contributed by atoms with Gasteiger partial charge in [0.2, 0.25) is 0 Å². The molecule has 0 saturated heterocycles. The molecule has 0 bridgehead atoms. The topological polar surface area (TPSA) is 75.6 Å². The van der Waals surface area contributed by atoms with E-state index in [9.17, 15) is 4.79 Å². The van der Waals surface area contributed by atoms with Gasteiger partial charge in [0.1, 0.15) is 11.6 Å². The first-order chi connectivity index (χ1) is 8.06. The largest absolute Gasteiger partial charge is 0.366 e. The number of hydrogen-bond acceptors (Lipinski definition) is 4. The summed E-state index contributed by atoms with van der Waals surface area (Å²) in [7, 11) is 1.90. The molecule has 2 rings (SSSR count). The number of aromatic amines is 1. The predicted molar refractivity (Wildman–Crippen MR) is 64.9 cm³/mol. The zero-order chi connectivity index (χ0) is 12.4. The number of nitrogens with zero attached hydrogens (tertiary/aromatic N) is 3. The fraction of sp³-hybridized carbons (Fsp3) is 0.364. The highest BCUT2D eigenvalue weighted by Crippen LogP contribution is 2.08. The summed E-state index contributed by atoms with van der Waals surface area (Å²) in [6.07, 6.45) is 1.81. The summed E-state index contributed by atoms with van der Waals surface area (Å²) in [4.78, 5) is 18.0. The highest BCUT2D eigenvalue weighted by atomic mass is 16.1. The minimum absolute atomic E-state index is 0.150. The van der Waals surface area contributed by atoms with Crippen LogP contribution in [-0.2, 0) is 13.6 Å².